The zero-order valence-electron chi connectivity index (χ0n) is 7.01. The molecule has 1 heterocycles. The van der Waals surface area contributed by atoms with Crippen LogP contribution in [0.5, 0.6) is 0 Å². The van der Waals surface area contributed by atoms with Gasteiger partial charge in [0.15, 0.2) is 6.29 Å². The number of aldehydes is 1. The lowest BCUT2D eigenvalue weighted by Crippen LogP contribution is -2.07. The van der Waals surface area contributed by atoms with Crippen molar-refractivity contribution in [1.82, 2.24) is 4.98 Å². The number of carbonyl (C=O) groups excluding carboxylic acids is 1. The van der Waals surface area contributed by atoms with E-state index in [0.29, 0.717) is 6.29 Å². The van der Waals surface area contributed by atoms with Crippen molar-refractivity contribution in [3.8, 4) is 0 Å². The first-order chi connectivity index (χ1) is 6.61. The van der Waals surface area contributed by atoms with Gasteiger partial charge in [-0.2, -0.15) is 0 Å². The molecule has 6 heteroatoms. The zero-order valence-corrected chi connectivity index (χ0v) is 7.76. The summed E-state index contributed by atoms with van der Waals surface area (Å²) in [6.07, 6.45) is -1.45. The molecule has 0 atom stereocenters. The van der Waals surface area contributed by atoms with E-state index in [4.69, 9.17) is 17.3 Å². The number of halogens is 3. The fourth-order valence-electron chi connectivity index (χ4n) is 1.07. The second-order valence-electron chi connectivity index (χ2n) is 2.51. The highest BCUT2D eigenvalue weighted by molar-refractivity contribution is 6.31. The minimum atomic E-state index is -2.81. The monoisotopic (exact) mass is 220 g/mol. The van der Waals surface area contributed by atoms with Gasteiger partial charge in [0.2, 0.25) is 0 Å². The van der Waals surface area contributed by atoms with Gasteiger partial charge in [0.1, 0.15) is 5.69 Å². The Hall–Kier alpha value is -1.07. The van der Waals surface area contributed by atoms with Gasteiger partial charge in [0.25, 0.3) is 6.43 Å². The van der Waals surface area contributed by atoms with Crippen LogP contribution in [0.2, 0.25) is 5.02 Å². The van der Waals surface area contributed by atoms with Crippen LogP contribution in [-0.2, 0) is 6.54 Å². The molecule has 14 heavy (non-hydrogen) atoms. The molecular formula is C8H7ClF2N2O. The number of nitrogens with two attached hydrogens (primary N) is 1. The zero-order chi connectivity index (χ0) is 10.7. The Bertz CT molecular complexity index is 357. The van der Waals surface area contributed by atoms with Crippen LogP contribution in [0.15, 0.2) is 6.20 Å². The fourth-order valence-corrected chi connectivity index (χ4v) is 1.30. The van der Waals surface area contributed by atoms with E-state index in [1.165, 1.54) is 0 Å². The molecule has 76 valence electrons. The molecule has 0 bridgehead atoms. The summed E-state index contributed by atoms with van der Waals surface area (Å²) in [5.74, 6) is 0. The van der Waals surface area contributed by atoms with Gasteiger partial charge in [0.05, 0.1) is 5.02 Å². The van der Waals surface area contributed by atoms with Crippen LogP contribution in [0.4, 0.5) is 8.78 Å². The molecule has 1 rings (SSSR count). The fraction of sp³-hybridized carbons (Fsp3) is 0.250. The number of hydrogen-bond donors (Lipinski definition) is 1. The molecule has 1 aromatic heterocycles. The van der Waals surface area contributed by atoms with E-state index >= 15 is 0 Å². The summed E-state index contributed by atoms with van der Waals surface area (Å²) in [6.45, 7) is -0.0743. The van der Waals surface area contributed by atoms with Crippen molar-refractivity contribution < 1.29 is 13.6 Å². The second kappa shape index (κ2) is 4.43. The van der Waals surface area contributed by atoms with Gasteiger partial charge in [-0.1, -0.05) is 11.6 Å². The van der Waals surface area contributed by atoms with E-state index in [9.17, 15) is 13.6 Å². The van der Waals surface area contributed by atoms with Crippen LogP contribution in [0.3, 0.4) is 0 Å². The lowest BCUT2D eigenvalue weighted by Gasteiger charge is -2.08. The maximum absolute atomic E-state index is 12.4. The molecular weight excluding hydrogens is 214 g/mol. The van der Waals surface area contributed by atoms with Crippen molar-refractivity contribution in [1.29, 1.82) is 0 Å². The van der Waals surface area contributed by atoms with Gasteiger partial charge in [-0.3, -0.25) is 9.78 Å². The van der Waals surface area contributed by atoms with E-state index in [2.05, 4.69) is 4.98 Å². The first-order valence-electron chi connectivity index (χ1n) is 3.72. The summed E-state index contributed by atoms with van der Waals surface area (Å²) in [6, 6.07) is 0. The first-order valence-corrected chi connectivity index (χ1v) is 4.10. The summed E-state index contributed by atoms with van der Waals surface area (Å²) in [7, 11) is 0. The smallest absolute Gasteiger partial charge is 0.281 e. The lowest BCUT2D eigenvalue weighted by molar-refractivity contribution is 0.110. The number of pyridine rings is 1. The maximum atomic E-state index is 12.4. The SMILES string of the molecule is NCc1c(Cl)cnc(C(F)F)c1C=O. The van der Waals surface area contributed by atoms with Crippen LogP contribution in [-0.4, -0.2) is 11.3 Å². The van der Waals surface area contributed by atoms with Crippen LogP contribution < -0.4 is 5.73 Å². The topological polar surface area (TPSA) is 56.0 Å². The van der Waals surface area contributed by atoms with Crippen molar-refractivity contribution in [2.24, 2.45) is 5.73 Å². The quantitative estimate of drug-likeness (QED) is 0.792. The highest BCUT2D eigenvalue weighted by atomic mass is 35.5. The molecule has 2 N–H and O–H groups in total. The van der Waals surface area contributed by atoms with Crippen molar-refractivity contribution in [2.75, 3.05) is 0 Å². The number of hydrogen-bond acceptors (Lipinski definition) is 3. The molecule has 1 aromatic rings. The second-order valence-corrected chi connectivity index (χ2v) is 2.91. The average molecular weight is 221 g/mol. The summed E-state index contributed by atoms with van der Waals surface area (Å²) < 4.78 is 24.7. The Kier molecular flexibility index (Phi) is 3.49. The van der Waals surface area contributed by atoms with Crippen LogP contribution in [0.25, 0.3) is 0 Å². The van der Waals surface area contributed by atoms with Crippen molar-refractivity contribution in [3.05, 3.63) is 28.0 Å². The van der Waals surface area contributed by atoms with Gasteiger partial charge < -0.3 is 5.73 Å². The Morgan fingerprint density at radius 3 is 2.71 bits per heavy atom. The van der Waals surface area contributed by atoms with E-state index in [-0.39, 0.29) is 22.7 Å². The third kappa shape index (κ3) is 1.88. The third-order valence-corrected chi connectivity index (χ3v) is 2.06. The van der Waals surface area contributed by atoms with Crippen molar-refractivity contribution in [3.63, 3.8) is 0 Å². The highest BCUT2D eigenvalue weighted by Gasteiger charge is 2.18. The van der Waals surface area contributed by atoms with Gasteiger partial charge in [-0.15, -0.1) is 0 Å². The molecule has 0 aliphatic carbocycles. The number of alkyl halides is 2. The van der Waals surface area contributed by atoms with Gasteiger partial charge in [-0.05, 0) is 5.56 Å². The van der Waals surface area contributed by atoms with Gasteiger partial charge in [0, 0.05) is 18.3 Å². The minimum Gasteiger partial charge on any atom is -0.326 e. The van der Waals surface area contributed by atoms with Crippen molar-refractivity contribution in [2.45, 2.75) is 13.0 Å². The average Bonchev–Trinajstić information content (AvgIpc) is 2.16. The predicted molar refractivity (Wildman–Crippen MR) is 47.5 cm³/mol. The molecule has 0 aliphatic rings. The van der Waals surface area contributed by atoms with Crippen LogP contribution in [0, 0.1) is 0 Å². The molecule has 0 spiro atoms. The largest absolute Gasteiger partial charge is 0.326 e. The molecule has 3 nitrogen and oxygen atoms in total. The van der Waals surface area contributed by atoms with Gasteiger partial charge in [-0.25, -0.2) is 8.78 Å². The number of aromatic nitrogens is 1. The molecule has 0 aliphatic heterocycles. The van der Waals surface area contributed by atoms with Crippen LogP contribution in [0.1, 0.15) is 28.0 Å². The molecule has 0 fully saturated rings. The minimum absolute atomic E-state index is 0.0743. The first kappa shape index (κ1) is 11.0. The molecule has 0 saturated carbocycles. The molecule has 0 aromatic carbocycles. The molecule has 0 saturated heterocycles. The Balaban J connectivity index is 3.40. The Morgan fingerprint density at radius 1 is 1.64 bits per heavy atom. The summed E-state index contributed by atoms with van der Waals surface area (Å²) in [4.78, 5) is 14.0. The summed E-state index contributed by atoms with van der Waals surface area (Å²) in [5.41, 5.74) is 4.69. The third-order valence-electron chi connectivity index (χ3n) is 1.74. The Labute approximate surface area is 83.9 Å². The lowest BCUT2D eigenvalue weighted by atomic mass is 10.1. The summed E-state index contributed by atoms with van der Waals surface area (Å²) in [5, 5.41) is 0.124. The Morgan fingerprint density at radius 2 is 2.29 bits per heavy atom. The van der Waals surface area contributed by atoms with E-state index in [0.717, 1.165) is 6.20 Å². The highest BCUT2D eigenvalue weighted by Crippen LogP contribution is 2.26. The predicted octanol–water partition coefficient (Wildman–Crippen LogP) is 1.94. The van der Waals surface area contributed by atoms with E-state index in [1.54, 1.807) is 0 Å². The number of rotatable bonds is 3. The molecule has 0 unspecified atom stereocenters. The maximum Gasteiger partial charge on any atom is 0.281 e. The molecule has 0 radical (unpaired) electrons. The van der Waals surface area contributed by atoms with Crippen LogP contribution >= 0.6 is 11.6 Å². The summed E-state index contributed by atoms with van der Waals surface area (Å²) >= 11 is 5.64. The number of nitrogens with zero attached hydrogens (tertiary/aromatic N) is 1. The van der Waals surface area contributed by atoms with Gasteiger partial charge >= 0.3 is 0 Å². The van der Waals surface area contributed by atoms with Crippen molar-refractivity contribution >= 4 is 17.9 Å². The number of carbonyl (C=O) groups is 1. The van der Waals surface area contributed by atoms with E-state index in [1.807, 2.05) is 0 Å². The normalized spacial score (nSPS) is 10.6. The standard InChI is InChI=1S/C8H7ClF2N2O/c9-6-2-13-7(8(10)11)5(3-14)4(6)1-12/h2-3,8H,1,12H2. The van der Waals surface area contributed by atoms with E-state index < -0.39 is 12.1 Å². The molecule has 0 amide bonds.